The fourth-order valence-electron chi connectivity index (χ4n) is 4.38. The van der Waals surface area contributed by atoms with Gasteiger partial charge in [-0.3, -0.25) is 4.90 Å². The van der Waals surface area contributed by atoms with E-state index in [1.807, 2.05) is 13.8 Å². The Kier molecular flexibility index (Phi) is 7.53. The number of piperidine rings is 1. The Balaban J connectivity index is 1.80. The number of anilines is 1. The van der Waals surface area contributed by atoms with Gasteiger partial charge in [-0.25, -0.2) is 17.5 Å². The second kappa shape index (κ2) is 9.62. The summed E-state index contributed by atoms with van der Waals surface area (Å²) in [5.41, 5.74) is 3.20. The maximum Gasteiger partial charge on any atom is 0.411 e. The normalized spacial score (nSPS) is 20.1. The molecule has 0 radical (unpaired) electrons. The summed E-state index contributed by atoms with van der Waals surface area (Å²) in [6, 6.07) is 3.56. The van der Waals surface area contributed by atoms with Crippen LogP contribution in [0.1, 0.15) is 36.0 Å². The van der Waals surface area contributed by atoms with Crippen LogP contribution in [0.15, 0.2) is 12.1 Å². The molecule has 2 heterocycles. The summed E-state index contributed by atoms with van der Waals surface area (Å²) in [6.07, 6.45) is 0.668. The molecule has 3 rings (SSSR count). The second-order valence-electron chi connectivity index (χ2n) is 8.26. The number of hydrogen-bond acceptors (Lipinski definition) is 5. The largest absolute Gasteiger partial charge is 0.465 e. The van der Waals surface area contributed by atoms with E-state index in [0.717, 1.165) is 21.6 Å². The number of carbonyl (C=O) groups is 1. The van der Waals surface area contributed by atoms with Gasteiger partial charge in [0.05, 0.1) is 18.5 Å². The summed E-state index contributed by atoms with van der Waals surface area (Å²) >= 11 is 5.99. The maximum absolute atomic E-state index is 13.5. The van der Waals surface area contributed by atoms with Crippen molar-refractivity contribution in [2.24, 2.45) is 0 Å². The molecule has 0 aromatic heterocycles. The van der Waals surface area contributed by atoms with E-state index in [-0.39, 0.29) is 5.88 Å². The molecule has 2 aliphatic rings. The predicted molar refractivity (Wildman–Crippen MR) is 120 cm³/mol. The SMILES string of the molecule is Cc1cc(N(C)C(=O)O)cc(C)c1CC(CCCl)S(=O)(=O)N1CCC2(CC1)OCCO2. The van der Waals surface area contributed by atoms with Crippen LogP contribution in [0.3, 0.4) is 0 Å². The van der Waals surface area contributed by atoms with E-state index in [1.165, 1.54) is 11.4 Å². The first kappa shape index (κ1) is 24.3. The van der Waals surface area contributed by atoms with Gasteiger partial charge < -0.3 is 14.6 Å². The fourth-order valence-corrected chi connectivity index (χ4v) is 6.68. The minimum Gasteiger partial charge on any atom is -0.465 e. The van der Waals surface area contributed by atoms with Crippen LogP contribution in [0.5, 0.6) is 0 Å². The number of carboxylic acid groups (broad SMARTS) is 1. The van der Waals surface area contributed by atoms with Crippen LogP contribution in [0.25, 0.3) is 0 Å². The van der Waals surface area contributed by atoms with Crippen LogP contribution in [-0.2, 0) is 25.9 Å². The Labute approximate surface area is 189 Å². The first-order valence-corrected chi connectivity index (χ1v) is 12.5. The number of hydrogen-bond donors (Lipinski definition) is 1. The van der Waals surface area contributed by atoms with Crippen LogP contribution in [0.2, 0.25) is 0 Å². The molecule has 10 heteroatoms. The molecule has 8 nitrogen and oxygen atoms in total. The van der Waals surface area contributed by atoms with Gasteiger partial charge >= 0.3 is 6.09 Å². The minimum atomic E-state index is -3.57. The van der Waals surface area contributed by atoms with Crippen molar-refractivity contribution >= 4 is 33.4 Å². The number of benzene rings is 1. The van der Waals surface area contributed by atoms with Gasteiger partial charge in [0.2, 0.25) is 10.0 Å². The Morgan fingerprint density at radius 1 is 1.23 bits per heavy atom. The van der Waals surface area contributed by atoms with Crippen molar-refractivity contribution in [2.45, 2.75) is 50.6 Å². The lowest BCUT2D eigenvalue weighted by molar-refractivity contribution is -0.179. The molecular weight excluding hydrogens is 444 g/mol. The Hall–Kier alpha value is -1.39. The van der Waals surface area contributed by atoms with Crippen molar-refractivity contribution < 1.29 is 27.8 Å². The number of nitrogens with zero attached hydrogens (tertiary/aromatic N) is 2. The summed E-state index contributed by atoms with van der Waals surface area (Å²) in [7, 11) is -2.09. The lowest BCUT2D eigenvalue weighted by Crippen LogP contribution is -2.50. The molecule has 1 aromatic rings. The zero-order chi connectivity index (χ0) is 22.8. The third kappa shape index (κ3) is 5.17. The van der Waals surface area contributed by atoms with E-state index in [4.69, 9.17) is 21.1 Å². The summed E-state index contributed by atoms with van der Waals surface area (Å²) in [4.78, 5) is 12.4. The highest BCUT2D eigenvalue weighted by Gasteiger charge is 2.44. The van der Waals surface area contributed by atoms with Gasteiger partial charge in [-0.2, -0.15) is 0 Å². The zero-order valence-corrected chi connectivity index (χ0v) is 19.8. The van der Waals surface area contributed by atoms with E-state index >= 15 is 0 Å². The van der Waals surface area contributed by atoms with Crippen molar-refractivity contribution in [3.05, 3.63) is 28.8 Å². The van der Waals surface area contributed by atoms with E-state index in [0.29, 0.717) is 57.7 Å². The Bertz CT molecular complexity index is 883. The van der Waals surface area contributed by atoms with E-state index in [2.05, 4.69) is 0 Å². The monoisotopic (exact) mass is 474 g/mol. The summed E-state index contributed by atoms with van der Waals surface area (Å²) < 4.78 is 39.9. The standard InChI is InChI=1S/C21H31ClN2O6S/c1-15-12-17(23(3)20(25)26)13-16(2)19(15)14-18(4-7-22)31(27,28)24-8-5-21(6-9-24)29-10-11-30-21/h12-13,18H,4-11,14H2,1-3H3,(H,25,26). The number of amides is 1. The van der Waals surface area contributed by atoms with Gasteiger partial charge in [0.1, 0.15) is 0 Å². The second-order valence-corrected chi connectivity index (χ2v) is 10.8. The van der Waals surface area contributed by atoms with Gasteiger partial charge in [0, 0.05) is 44.5 Å². The van der Waals surface area contributed by atoms with Gasteiger partial charge in [-0.15, -0.1) is 11.6 Å². The number of ether oxygens (including phenoxy) is 2. The van der Waals surface area contributed by atoms with Crippen molar-refractivity contribution in [1.82, 2.24) is 4.31 Å². The number of alkyl halides is 1. The highest BCUT2D eigenvalue weighted by atomic mass is 35.5. The molecule has 31 heavy (non-hydrogen) atoms. The molecule has 1 atom stereocenters. The third-order valence-corrected chi connectivity index (χ3v) is 8.84. The molecule has 1 amide bonds. The summed E-state index contributed by atoms with van der Waals surface area (Å²) in [5.74, 6) is -0.390. The number of aryl methyl sites for hydroxylation is 2. The lowest BCUT2D eigenvalue weighted by atomic mass is 9.96. The van der Waals surface area contributed by atoms with Crippen LogP contribution in [-0.4, -0.2) is 74.2 Å². The number of rotatable bonds is 7. The summed E-state index contributed by atoms with van der Waals surface area (Å²) in [5, 5.41) is 8.59. The number of halogens is 1. The summed E-state index contributed by atoms with van der Waals surface area (Å²) in [6.45, 7) is 5.58. The van der Waals surface area contributed by atoms with Crippen LogP contribution >= 0.6 is 11.6 Å². The molecule has 1 unspecified atom stereocenters. The average molecular weight is 475 g/mol. The van der Waals surface area contributed by atoms with Gasteiger partial charge in [0.15, 0.2) is 5.79 Å². The van der Waals surface area contributed by atoms with Gasteiger partial charge in [0.25, 0.3) is 0 Å². The molecule has 1 aromatic carbocycles. The number of sulfonamides is 1. The van der Waals surface area contributed by atoms with Gasteiger partial charge in [-0.05, 0) is 55.5 Å². The van der Waals surface area contributed by atoms with Crippen molar-refractivity contribution in [3.63, 3.8) is 0 Å². The molecule has 2 aliphatic heterocycles. The topological polar surface area (TPSA) is 96.4 Å². The smallest absolute Gasteiger partial charge is 0.411 e. The van der Waals surface area contributed by atoms with Crippen molar-refractivity contribution in [3.8, 4) is 0 Å². The zero-order valence-electron chi connectivity index (χ0n) is 18.3. The average Bonchev–Trinajstić information content (AvgIpc) is 3.17. The van der Waals surface area contributed by atoms with Crippen LogP contribution in [0.4, 0.5) is 10.5 Å². The molecular formula is C21H31ClN2O6S. The van der Waals surface area contributed by atoms with Crippen LogP contribution in [0, 0.1) is 13.8 Å². The quantitative estimate of drug-likeness (QED) is 0.610. The molecule has 174 valence electrons. The molecule has 0 saturated carbocycles. The highest BCUT2D eigenvalue weighted by Crippen LogP contribution is 2.34. The third-order valence-electron chi connectivity index (χ3n) is 6.30. The molecule has 2 fully saturated rings. The molecule has 1 N–H and O–H groups in total. The highest BCUT2D eigenvalue weighted by molar-refractivity contribution is 7.89. The van der Waals surface area contributed by atoms with E-state index < -0.39 is 27.2 Å². The Morgan fingerprint density at radius 2 is 1.77 bits per heavy atom. The van der Waals surface area contributed by atoms with E-state index in [1.54, 1.807) is 12.1 Å². The van der Waals surface area contributed by atoms with Crippen molar-refractivity contribution in [2.75, 3.05) is 44.1 Å². The first-order valence-electron chi connectivity index (χ1n) is 10.5. The van der Waals surface area contributed by atoms with Gasteiger partial charge in [-0.1, -0.05) is 0 Å². The first-order chi connectivity index (χ1) is 14.6. The molecule has 2 saturated heterocycles. The molecule has 0 bridgehead atoms. The van der Waals surface area contributed by atoms with Crippen LogP contribution < -0.4 is 4.90 Å². The Morgan fingerprint density at radius 3 is 2.26 bits per heavy atom. The predicted octanol–water partition coefficient (Wildman–Crippen LogP) is 3.13. The molecule has 0 aliphatic carbocycles. The van der Waals surface area contributed by atoms with Crippen molar-refractivity contribution in [1.29, 1.82) is 0 Å². The maximum atomic E-state index is 13.5. The minimum absolute atomic E-state index is 0.242. The lowest BCUT2D eigenvalue weighted by Gasteiger charge is -2.38. The fraction of sp³-hybridized carbons (Fsp3) is 0.667. The van der Waals surface area contributed by atoms with E-state index in [9.17, 15) is 18.3 Å². The molecule has 1 spiro atoms.